The van der Waals surface area contributed by atoms with Gasteiger partial charge in [-0.3, -0.25) is 9.59 Å². The molecular formula is C51H61N9O7S. The van der Waals surface area contributed by atoms with E-state index >= 15 is 0 Å². The van der Waals surface area contributed by atoms with Crippen LogP contribution in [-0.4, -0.2) is 104 Å². The van der Waals surface area contributed by atoms with Gasteiger partial charge in [0.1, 0.15) is 29.5 Å². The summed E-state index contributed by atoms with van der Waals surface area (Å²) >= 11 is 1.85. The van der Waals surface area contributed by atoms with Gasteiger partial charge in [-0.2, -0.15) is 0 Å². The van der Waals surface area contributed by atoms with E-state index in [1.165, 1.54) is 37.5 Å². The Kier molecular flexibility index (Phi) is 12.0. The molecule has 2 saturated heterocycles. The molecule has 0 spiro atoms. The monoisotopic (exact) mass is 943 g/mol. The van der Waals surface area contributed by atoms with Crippen molar-refractivity contribution >= 4 is 46.6 Å². The van der Waals surface area contributed by atoms with Gasteiger partial charge in [0, 0.05) is 29.1 Å². The Bertz CT molecular complexity index is 2730. The number of carbonyl (C=O) groups is 4. The molecule has 16 nitrogen and oxygen atoms in total. The highest BCUT2D eigenvalue weighted by molar-refractivity contribution is 7.12. The predicted molar refractivity (Wildman–Crippen MR) is 257 cm³/mol. The van der Waals surface area contributed by atoms with Crippen LogP contribution >= 0.6 is 11.3 Å². The topological polar surface area (TPSA) is 187 Å². The number of carbonyl (C=O) groups excluding carboxylic acids is 4. The number of aromatic nitrogens is 4. The van der Waals surface area contributed by atoms with E-state index in [9.17, 15) is 19.2 Å². The van der Waals surface area contributed by atoms with Crippen molar-refractivity contribution in [1.82, 2.24) is 45.3 Å². The van der Waals surface area contributed by atoms with E-state index in [0.717, 1.165) is 82.3 Å². The molecule has 7 heterocycles. The van der Waals surface area contributed by atoms with Crippen molar-refractivity contribution in [2.75, 3.05) is 27.3 Å². The number of ether oxygens (including phenoxy) is 3. The molecule has 6 aliphatic rings. The summed E-state index contributed by atoms with van der Waals surface area (Å²) in [6, 6.07) is 8.94. The van der Waals surface area contributed by atoms with E-state index in [0.29, 0.717) is 24.8 Å². The highest BCUT2D eigenvalue weighted by Crippen LogP contribution is 2.57. The lowest BCUT2D eigenvalue weighted by molar-refractivity contribution is -0.136. The smallest absolute Gasteiger partial charge is 0.407 e. The molecule has 4 amide bonds. The molecule has 6 atom stereocenters. The molecule has 3 aromatic heterocycles. The van der Waals surface area contributed by atoms with Gasteiger partial charge >= 0.3 is 12.2 Å². The summed E-state index contributed by atoms with van der Waals surface area (Å²) in [5.74, 6) is 2.31. The van der Waals surface area contributed by atoms with Crippen LogP contribution in [0, 0.1) is 11.8 Å². The number of H-pyrrole nitrogens is 2. The fraction of sp³-hybridized carbons (Fsp3) is 0.490. The molecule has 10 rings (SSSR count). The van der Waals surface area contributed by atoms with Crippen molar-refractivity contribution in [2.45, 2.75) is 121 Å². The first-order valence-corrected chi connectivity index (χ1v) is 24.8. The minimum atomic E-state index is -0.714. The van der Waals surface area contributed by atoms with Crippen LogP contribution < -0.4 is 15.4 Å². The Hall–Kier alpha value is -6.36. The number of amides is 4. The van der Waals surface area contributed by atoms with Crippen LogP contribution in [0.25, 0.3) is 22.5 Å². The number of aromatic amines is 2. The van der Waals surface area contributed by atoms with Crippen molar-refractivity contribution in [3.8, 4) is 17.0 Å². The van der Waals surface area contributed by atoms with Gasteiger partial charge in [-0.15, -0.1) is 11.3 Å². The SMILES string of the molecule is COC(=O)N[C@H](C(=O)N1CCC[C@H]1c1ncc(C2=CCC3(C)C(=C2)C=C2c4ccc(-c5cnc([C@@H]6CCCN6C(=O)[C@@H](NC(=O)OC)C(C)C)[nH]5)cc4OC(c4ccc(C5CC5)s4)N23)[nH]1)C(C)C. The molecule has 4 aromatic rings. The number of fused-ring (bicyclic) bond motifs is 5. The Labute approximate surface area is 400 Å². The number of benzene rings is 1. The molecule has 1 saturated carbocycles. The third-order valence-corrected chi connectivity index (χ3v) is 15.9. The molecule has 0 bridgehead atoms. The molecule has 358 valence electrons. The zero-order valence-corrected chi connectivity index (χ0v) is 40.6. The first-order chi connectivity index (χ1) is 32.8. The van der Waals surface area contributed by atoms with Crippen LogP contribution in [0.1, 0.15) is 136 Å². The van der Waals surface area contributed by atoms with Crippen LogP contribution in [0.2, 0.25) is 0 Å². The number of hydrogen-bond acceptors (Lipinski definition) is 11. The minimum Gasteiger partial charge on any atom is -0.465 e. The largest absolute Gasteiger partial charge is 0.465 e. The van der Waals surface area contributed by atoms with E-state index in [1.807, 2.05) is 61.2 Å². The molecule has 68 heavy (non-hydrogen) atoms. The molecule has 2 aliphatic carbocycles. The first kappa shape index (κ1) is 45.4. The summed E-state index contributed by atoms with van der Waals surface area (Å²) in [4.78, 5) is 77.5. The van der Waals surface area contributed by atoms with E-state index in [2.05, 4.69) is 81.0 Å². The lowest BCUT2D eigenvalue weighted by Gasteiger charge is -2.47. The average molecular weight is 944 g/mol. The van der Waals surface area contributed by atoms with Crippen LogP contribution in [0.4, 0.5) is 9.59 Å². The molecule has 1 aromatic carbocycles. The number of allylic oxidation sites excluding steroid dienone is 2. The number of likely N-dealkylation sites (tertiary alicyclic amines) is 2. The van der Waals surface area contributed by atoms with Gasteiger partial charge in [0.15, 0.2) is 0 Å². The number of imidazole rings is 2. The lowest BCUT2D eigenvalue weighted by Crippen LogP contribution is -2.51. The summed E-state index contributed by atoms with van der Waals surface area (Å²) in [6.45, 7) is 11.1. The molecule has 4 N–H and O–H groups in total. The summed E-state index contributed by atoms with van der Waals surface area (Å²) in [7, 11) is 2.60. The second-order valence-corrected chi connectivity index (χ2v) is 20.9. The van der Waals surface area contributed by atoms with E-state index in [4.69, 9.17) is 24.2 Å². The number of nitrogens with one attached hydrogen (secondary N) is 4. The van der Waals surface area contributed by atoms with Crippen molar-refractivity contribution in [3.63, 3.8) is 0 Å². The maximum Gasteiger partial charge on any atom is 0.407 e. The van der Waals surface area contributed by atoms with Gasteiger partial charge in [-0.1, -0.05) is 39.8 Å². The number of thiophene rings is 1. The maximum absolute atomic E-state index is 13.9. The normalized spacial score (nSPS) is 23.8. The second kappa shape index (κ2) is 17.9. The highest BCUT2D eigenvalue weighted by atomic mass is 32.1. The van der Waals surface area contributed by atoms with Crippen molar-refractivity contribution in [2.24, 2.45) is 11.8 Å². The third-order valence-electron chi connectivity index (χ3n) is 14.6. The van der Waals surface area contributed by atoms with Crippen LogP contribution in [-0.2, 0) is 19.1 Å². The lowest BCUT2D eigenvalue weighted by atomic mass is 9.82. The van der Waals surface area contributed by atoms with E-state index in [1.54, 1.807) is 0 Å². The predicted octanol–water partition coefficient (Wildman–Crippen LogP) is 8.75. The maximum atomic E-state index is 13.9. The van der Waals surface area contributed by atoms with Crippen molar-refractivity contribution in [3.05, 3.63) is 99.2 Å². The zero-order valence-electron chi connectivity index (χ0n) is 39.8. The summed E-state index contributed by atoms with van der Waals surface area (Å²) in [5, 5.41) is 5.47. The van der Waals surface area contributed by atoms with Crippen molar-refractivity contribution < 1.29 is 33.4 Å². The number of nitrogens with zero attached hydrogens (tertiary/aromatic N) is 5. The second-order valence-electron chi connectivity index (χ2n) is 19.8. The van der Waals surface area contributed by atoms with E-state index < -0.39 is 29.8 Å². The van der Waals surface area contributed by atoms with Crippen LogP contribution in [0.3, 0.4) is 0 Å². The van der Waals surface area contributed by atoms with Gasteiger partial charge in [-0.05, 0) is 117 Å². The average Bonchev–Trinajstić information content (AvgIpc) is 4.04. The number of methoxy groups -OCH3 is 2. The van der Waals surface area contributed by atoms with Gasteiger partial charge in [0.05, 0.1) is 66.2 Å². The first-order valence-electron chi connectivity index (χ1n) is 24.0. The van der Waals surface area contributed by atoms with E-state index in [-0.39, 0.29) is 42.0 Å². The molecule has 2 unspecified atom stereocenters. The molecule has 4 aliphatic heterocycles. The Morgan fingerprint density at radius 3 is 1.97 bits per heavy atom. The third kappa shape index (κ3) is 8.15. The standard InChI is InChI=1S/C51H61N9O7S/c1-27(2)42(56-49(63)65-6)46(61)58-20-8-10-36(58)44-52-25-34(54-44)30-14-15-33-38-24-32-22-31(18-19-51(32,5)60(38)48(67-39(33)23-30)41-17-16-40(68-41)29-12-13-29)35-26-53-45(55-35)37-11-9-21-59(37)47(62)43(28(3)4)57-50(64)66-7/h14-18,22-29,36-37,42-43,48H,8-13,19-21H2,1-7H3,(H,52,54)(H,53,55)(H,56,63)(H,57,64)/t36-,37-,42-,43-,48?,51?/m0/s1. The molecule has 0 radical (unpaired) electrons. The molecule has 17 heteroatoms. The number of hydrogen-bond donors (Lipinski definition) is 4. The molecular weight excluding hydrogens is 883 g/mol. The number of alkyl carbamates (subject to hydrolysis) is 2. The van der Waals surface area contributed by atoms with Crippen LogP contribution in [0.15, 0.2) is 66.5 Å². The fourth-order valence-corrected chi connectivity index (χ4v) is 11.8. The Morgan fingerprint density at radius 1 is 0.794 bits per heavy atom. The summed E-state index contributed by atoms with van der Waals surface area (Å²) < 4.78 is 16.8. The van der Waals surface area contributed by atoms with Gasteiger partial charge in [-0.25, -0.2) is 19.6 Å². The zero-order chi connectivity index (χ0) is 47.6. The minimum absolute atomic E-state index is 0.122. The quantitative estimate of drug-likeness (QED) is 0.107. The van der Waals surface area contributed by atoms with Crippen LogP contribution in [0.5, 0.6) is 5.75 Å². The van der Waals surface area contributed by atoms with Gasteiger partial charge in [0.25, 0.3) is 0 Å². The summed E-state index contributed by atoms with van der Waals surface area (Å²) in [5.41, 5.74) is 6.54. The Balaban J connectivity index is 0.932. The van der Waals surface area contributed by atoms with Gasteiger partial charge < -0.3 is 49.5 Å². The molecule has 3 fully saturated rings. The highest BCUT2D eigenvalue weighted by Gasteiger charge is 2.50. The van der Waals surface area contributed by atoms with Crippen molar-refractivity contribution in [1.29, 1.82) is 0 Å². The fourth-order valence-electron chi connectivity index (χ4n) is 10.6. The summed E-state index contributed by atoms with van der Waals surface area (Å²) in [6.07, 6.45) is 15.3. The van der Waals surface area contributed by atoms with Gasteiger partial charge in [0.2, 0.25) is 18.0 Å². The number of rotatable bonds is 12. The Morgan fingerprint density at radius 2 is 1.38 bits per heavy atom.